The van der Waals surface area contributed by atoms with Gasteiger partial charge in [-0.15, -0.1) is 6.42 Å². The average molecular weight is 470 g/mol. The van der Waals surface area contributed by atoms with Crippen LogP contribution in [0.25, 0.3) is 0 Å². The molecular weight excluding hydrogens is 435 g/mol. The molecule has 0 aromatic heterocycles. The summed E-state index contributed by atoms with van der Waals surface area (Å²) in [5.41, 5.74) is 0. The minimum atomic E-state index is -3.43. The number of terminal acetylenes is 1. The molecule has 0 fully saturated rings. The van der Waals surface area contributed by atoms with Gasteiger partial charge in [-0.05, 0) is 0 Å². The summed E-state index contributed by atoms with van der Waals surface area (Å²) in [6.45, 7) is 5.64. The Kier molecular flexibility index (Phi) is 21.4. The molecule has 182 valence electrons. The molecule has 0 aromatic carbocycles. The summed E-state index contributed by atoms with van der Waals surface area (Å²) in [7, 11) is -3.43. The van der Waals surface area contributed by atoms with Crippen molar-refractivity contribution in [2.45, 2.75) is 6.42 Å². The Morgan fingerprint density at radius 1 is 0.742 bits per heavy atom. The zero-order valence-electron chi connectivity index (χ0n) is 18.2. The van der Waals surface area contributed by atoms with Crippen LogP contribution in [0.3, 0.4) is 0 Å². The molecule has 0 heterocycles. The third-order valence-electron chi connectivity index (χ3n) is 3.17. The topological polar surface area (TPSA) is 128 Å². The van der Waals surface area contributed by atoms with E-state index in [-0.39, 0.29) is 45.4 Å². The van der Waals surface area contributed by atoms with Crippen LogP contribution >= 0.6 is 7.60 Å². The van der Waals surface area contributed by atoms with E-state index in [1.54, 1.807) is 0 Å². The lowest BCUT2D eigenvalue weighted by Gasteiger charge is -2.09. The minimum absolute atomic E-state index is 0.0654. The van der Waals surface area contributed by atoms with Crippen LogP contribution in [0.1, 0.15) is 6.42 Å². The standard InChI is InChI=1S/C19H35O11P/c1-3-5-23-6-4-19(20)29-17-15-27-13-11-25-9-7-24-8-10-26-12-14-28-16-18-30-31(2,21)22/h1H,4-18H2,2H3,(H,21,22). The Morgan fingerprint density at radius 3 is 1.58 bits per heavy atom. The van der Waals surface area contributed by atoms with E-state index in [2.05, 4.69) is 10.4 Å². The number of carbonyl (C=O) groups excluding carboxylic acids is 1. The fourth-order valence-corrected chi connectivity index (χ4v) is 2.23. The van der Waals surface area contributed by atoms with Crippen LogP contribution in [0.5, 0.6) is 0 Å². The summed E-state index contributed by atoms with van der Waals surface area (Å²) >= 11 is 0. The molecule has 11 nitrogen and oxygen atoms in total. The third-order valence-corrected chi connectivity index (χ3v) is 3.83. The third kappa shape index (κ3) is 26.9. The number of hydrogen-bond donors (Lipinski definition) is 1. The van der Waals surface area contributed by atoms with Crippen LogP contribution in [0.4, 0.5) is 0 Å². The van der Waals surface area contributed by atoms with Gasteiger partial charge in [-0.2, -0.15) is 0 Å². The lowest BCUT2D eigenvalue weighted by Crippen LogP contribution is -2.15. The maximum Gasteiger partial charge on any atom is 0.325 e. The van der Waals surface area contributed by atoms with E-state index >= 15 is 0 Å². The number of hydrogen-bond acceptors (Lipinski definition) is 10. The Balaban J connectivity index is 3.13. The second kappa shape index (κ2) is 22.1. The lowest BCUT2D eigenvalue weighted by molar-refractivity contribution is -0.146. The van der Waals surface area contributed by atoms with Gasteiger partial charge in [0.2, 0.25) is 0 Å². The summed E-state index contributed by atoms with van der Waals surface area (Å²) in [6.07, 6.45) is 5.18. The molecule has 1 N–H and O–H groups in total. The van der Waals surface area contributed by atoms with Gasteiger partial charge in [0.1, 0.15) is 13.2 Å². The highest BCUT2D eigenvalue weighted by Gasteiger charge is 2.08. The molecule has 0 aromatic rings. The van der Waals surface area contributed by atoms with Crippen molar-refractivity contribution < 1.29 is 51.9 Å². The van der Waals surface area contributed by atoms with Crippen LogP contribution in [0.2, 0.25) is 0 Å². The highest BCUT2D eigenvalue weighted by Crippen LogP contribution is 2.35. The number of carbonyl (C=O) groups is 1. The van der Waals surface area contributed by atoms with Crippen molar-refractivity contribution in [1.29, 1.82) is 0 Å². The Bertz CT molecular complexity index is 504. The van der Waals surface area contributed by atoms with Crippen molar-refractivity contribution >= 4 is 13.6 Å². The van der Waals surface area contributed by atoms with E-state index in [9.17, 15) is 9.36 Å². The molecule has 0 rings (SSSR count). The largest absolute Gasteiger partial charge is 0.463 e. The van der Waals surface area contributed by atoms with E-state index in [1.807, 2.05) is 0 Å². The molecule has 0 saturated carbocycles. The predicted octanol–water partition coefficient (Wildman–Crippen LogP) is 0.484. The first-order valence-corrected chi connectivity index (χ1v) is 12.0. The molecule has 0 spiro atoms. The SMILES string of the molecule is C#CCOCCC(=O)OCCOCCOCCOCCOCCOCCOP(C)(=O)O. The Hall–Kier alpha value is -1.06. The molecule has 12 heteroatoms. The molecule has 31 heavy (non-hydrogen) atoms. The quantitative estimate of drug-likeness (QED) is 0.0969. The van der Waals surface area contributed by atoms with Gasteiger partial charge in [0.05, 0.1) is 85.7 Å². The molecule has 0 aliphatic rings. The van der Waals surface area contributed by atoms with Crippen LogP contribution < -0.4 is 0 Å². The van der Waals surface area contributed by atoms with Gasteiger partial charge >= 0.3 is 13.6 Å². The van der Waals surface area contributed by atoms with Crippen molar-refractivity contribution in [3.8, 4) is 12.3 Å². The number of rotatable bonds is 23. The fraction of sp³-hybridized carbons (Fsp3) is 0.842. The van der Waals surface area contributed by atoms with E-state index in [0.29, 0.717) is 59.5 Å². The van der Waals surface area contributed by atoms with Crippen molar-refractivity contribution in [1.82, 2.24) is 0 Å². The second-order valence-electron chi connectivity index (χ2n) is 5.93. The molecule has 0 aliphatic heterocycles. The summed E-state index contributed by atoms with van der Waals surface area (Å²) in [5.74, 6) is 1.96. The minimum Gasteiger partial charge on any atom is -0.463 e. The monoisotopic (exact) mass is 470 g/mol. The molecule has 0 radical (unpaired) electrons. The van der Waals surface area contributed by atoms with E-state index in [0.717, 1.165) is 6.66 Å². The summed E-state index contributed by atoms with van der Waals surface area (Å²) < 4.78 is 51.9. The molecule has 1 unspecified atom stereocenters. The van der Waals surface area contributed by atoms with Gasteiger partial charge < -0.3 is 42.6 Å². The van der Waals surface area contributed by atoms with Crippen LogP contribution in [-0.4, -0.2) is 110 Å². The average Bonchev–Trinajstić information content (AvgIpc) is 2.72. The molecule has 0 saturated heterocycles. The summed E-state index contributed by atoms with van der Waals surface area (Å²) in [4.78, 5) is 20.2. The molecule has 0 amide bonds. The highest BCUT2D eigenvalue weighted by atomic mass is 31.2. The lowest BCUT2D eigenvalue weighted by atomic mass is 10.5. The van der Waals surface area contributed by atoms with E-state index in [4.69, 9.17) is 44.5 Å². The molecular formula is C19H35O11P. The van der Waals surface area contributed by atoms with Gasteiger partial charge in [0.25, 0.3) is 0 Å². The van der Waals surface area contributed by atoms with Crippen molar-refractivity contribution in [2.24, 2.45) is 0 Å². The molecule has 0 aliphatic carbocycles. The normalized spacial score (nSPS) is 12.9. The van der Waals surface area contributed by atoms with Crippen LogP contribution in [-0.2, 0) is 47.0 Å². The first-order valence-electron chi connectivity index (χ1n) is 9.96. The molecule has 0 bridgehead atoms. The van der Waals surface area contributed by atoms with Gasteiger partial charge in [-0.3, -0.25) is 9.36 Å². The number of esters is 1. The highest BCUT2D eigenvalue weighted by molar-refractivity contribution is 7.51. The fourth-order valence-electron chi connectivity index (χ4n) is 1.82. The van der Waals surface area contributed by atoms with Gasteiger partial charge in [-0.1, -0.05) is 5.92 Å². The first kappa shape index (κ1) is 29.9. The summed E-state index contributed by atoms with van der Waals surface area (Å²) in [6, 6.07) is 0. The number of ether oxygens (including phenoxy) is 7. The predicted molar refractivity (Wildman–Crippen MR) is 111 cm³/mol. The van der Waals surface area contributed by atoms with Gasteiger partial charge in [-0.25, -0.2) is 0 Å². The Labute approximate surface area is 184 Å². The van der Waals surface area contributed by atoms with Gasteiger partial charge in [0, 0.05) is 6.66 Å². The van der Waals surface area contributed by atoms with Crippen LogP contribution in [0.15, 0.2) is 0 Å². The zero-order chi connectivity index (χ0) is 23.0. The van der Waals surface area contributed by atoms with Crippen molar-refractivity contribution in [3.63, 3.8) is 0 Å². The Morgan fingerprint density at radius 2 is 1.16 bits per heavy atom. The molecule has 1 atom stereocenters. The van der Waals surface area contributed by atoms with E-state index in [1.165, 1.54) is 0 Å². The maximum absolute atomic E-state index is 11.3. The van der Waals surface area contributed by atoms with Crippen LogP contribution in [0, 0.1) is 12.3 Å². The van der Waals surface area contributed by atoms with E-state index < -0.39 is 7.60 Å². The zero-order valence-corrected chi connectivity index (χ0v) is 19.1. The van der Waals surface area contributed by atoms with Crippen molar-refractivity contribution in [2.75, 3.05) is 99.2 Å². The van der Waals surface area contributed by atoms with Crippen molar-refractivity contribution in [3.05, 3.63) is 0 Å². The van der Waals surface area contributed by atoms with Gasteiger partial charge in [0.15, 0.2) is 0 Å². The summed E-state index contributed by atoms with van der Waals surface area (Å²) in [5, 5.41) is 0. The maximum atomic E-state index is 11.3. The first-order chi connectivity index (χ1) is 15.0. The second-order valence-corrected chi connectivity index (χ2v) is 7.79. The smallest absolute Gasteiger partial charge is 0.325 e.